The number of aromatic nitrogens is 2. The monoisotopic (exact) mass is 235 g/mol. The van der Waals surface area contributed by atoms with Crippen molar-refractivity contribution in [3.05, 3.63) is 48.5 Å². The molecule has 3 heteroatoms. The molecule has 1 aromatic heterocycles. The summed E-state index contributed by atoms with van der Waals surface area (Å²) >= 11 is 0. The van der Waals surface area contributed by atoms with Gasteiger partial charge in [0.05, 0.1) is 11.0 Å². The van der Waals surface area contributed by atoms with Gasteiger partial charge in [-0.2, -0.15) is 0 Å². The Labute approximate surface area is 105 Å². The van der Waals surface area contributed by atoms with Crippen molar-refractivity contribution in [1.29, 1.82) is 0 Å². The van der Waals surface area contributed by atoms with E-state index in [9.17, 15) is 0 Å². The lowest BCUT2D eigenvalue weighted by molar-refractivity contribution is 0.630. The molecule has 1 aliphatic heterocycles. The average molecular weight is 235 g/mol. The van der Waals surface area contributed by atoms with Crippen molar-refractivity contribution in [2.24, 2.45) is 0 Å². The summed E-state index contributed by atoms with van der Waals surface area (Å²) in [6.45, 7) is 2.16. The van der Waals surface area contributed by atoms with Gasteiger partial charge in [0.25, 0.3) is 0 Å². The van der Waals surface area contributed by atoms with Gasteiger partial charge in [-0.25, -0.2) is 4.98 Å². The van der Waals surface area contributed by atoms with Crippen molar-refractivity contribution < 1.29 is 0 Å². The van der Waals surface area contributed by atoms with Gasteiger partial charge in [-0.3, -0.25) is 0 Å². The molecule has 4 rings (SSSR count). The van der Waals surface area contributed by atoms with E-state index in [1.165, 1.54) is 11.1 Å². The van der Waals surface area contributed by atoms with Gasteiger partial charge in [0.1, 0.15) is 12.0 Å². The summed E-state index contributed by atoms with van der Waals surface area (Å²) in [5.41, 5.74) is 4.57. The van der Waals surface area contributed by atoms with E-state index in [1.54, 1.807) is 0 Å². The molecule has 0 saturated heterocycles. The molecule has 0 spiro atoms. The summed E-state index contributed by atoms with van der Waals surface area (Å²) in [6.07, 6.45) is 0.224. The fourth-order valence-corrected chi connectivity index (χ4v) is 2.72. The fraction of sp³-hybridized carbons (Fsp3) is 0.133. The number of anilines is 1. The number of rotatable bonds is 0. The lowest BCUT2D eigenvalue weighted by Gasteiger charge is -2.27. The molecule has 0 bridgehead atoms. The molecule has 0 amide bonds. The number of benzene rings is 2. The van der Waals surface area contributed by atoms with Gasteiger partial charge in [-0.15, -0.1) is 0 Å². The Bertz CT molecular complexity index is 742. The molecule has 1 N–H and O–H groups in total. The molecule has 2 aromatic carbocycles. The number of para-hydroxylation sites is 3. The van der Waals surface area contributed by atoms with Crippen LogP contribution in [0, 0.1) is 0 Å². The van der Waals surface area contributed by atoms with E-state index in [0.717, 1.165) is 17.0 Å². The van der Waals surface area contributed by atoms with Crippen molar-refractivity contribution in [3.63, 3.8) is 0 Å². The minimum atomic E-state index is 0.224. The predicted octanol–water partition coefficient (Wildman–Crippen LogP) is 3.65. The third kappa shape index (κ3) is 1.16. The highest BCUT2D eigenvalue weighted by molar-refractivity contribution is 5.86. The Morgan fingerprint density at radius 2 is 1.83 bits per heavy atom. The molecule has 3 nitrogen and oxygen atoms in total. The third-order valence-electron chi connectivity index (χ3n) is 3.52. The second-order valence-corrected chi connectivity index (χ2v) is 4.66. The number of nitrogens with zero attached hydrogens (tertiary/aromatic N) is 2. The van der Waals surface area contributed by atoms with Crippen LogP contribution in [-0.4, -0.2) is 9.55 Å². The van der Waals surface area contributed by atoms with Crippen LogP contribution >= 0.6 is 0 Å². The molecule has 0 fully saturated rings. The number of fused-ring (bicyclic) bond motifs is 5. The largest absolute Gasteiger partial charge is 0.364 e. The molecule has 88 valence electrons. The van der Waals surface area contributed by atoms with Crippen LogP contribution in [-0.2, 0) is 0 Å². The van der Waals surface area contributed by atoms with Crippen LogP contribution in [0.2, 0.25) is 0 Å². The molecule has 0 saturated carbocycles. The zero-order chi connectivity index (χ0) is 12.1. The first-order valence-corrected chi connectivity index (χ1v) is 6.17. The topological polar surface area (TPSA) is 29.9 Å². The maximum absolute atomic E-state index is 4.77. The number of nitrogens with one attached hydrogen (secondary N) is 1. The first-order valence-electron chi connectivity index (χ1n) is 6.17. The number of imidazole rings is 1. The lowest BCUT2D eigenvalue weighted by atomic mass is 10.1. The SMILES string of the molecule is CC1Nc2ccccc2-c2nc3ccccc3n21. The summed E-state index contributed by atoms with van der Waals surface area (Å²) < 4.78 is 2.26. The highest BCUT2D eigenvalue weighted by Gasteiger charge is 2.23. The molecule has 2 heterocycles. The Morgan fingerprint density at radius 1 is 1.06 bits per heavy atom. The van der Waals surface area contributed by atoms with Crippen LogP contribution in [0.3, 0.4) is 0 Å². The molecular formula is C15H13N3. The van der Waals surface area contributed by atoms with E-state index < -0.39 is 0 Å². The predicted molar refractivity (Wildman–Crippen MR) is 73.5 cm³/mol. The second-order valence-electron chi connectivity index (χ2n) is 4.66. The Kier molecular flexibility index (Phi) is 1.81. The lowest BCUT2D eigenvalue weighted by Crippen LogP contribution is -2.20. The third-order valence-corrected chi connectivity index (χ3v) is 3.52. The van der Waals surface area contributed by atoms with E-state index in [0.29, 0.717) is 0 Å². The van der Waals surface area contributed by atoms with Crippen LogP contribution < -0.4 is 5.32 Å². The smallest absolute Gasteiger partial charge is 0.144 e. The van der Waals surface area contributed by atoms with Crippen molar-refractivity contribution in [1.82, 2.24) is 9.55 Å². The van der Waals surface area contributed by atoms with E-state index >= 15 is 0 Å². The van der Waals surface area contributed by atoms with E-state index in [2.05, 4.69) is 59.3 Å². The fourth-order valence-electron chi connectivity index (χ4n) is 2.72. The van der Waals surface area contributed by atoms with Crippen LogP contribution in [0.25, 0.3) is 22.4 Å². The molecule has 0 radical (unpaired) electrons. The van der Waals surface area contributed by atoms with Gasteiger partial charge in [0, 0.05) is 11.3 Å². The average Bonchev–Trinajstić information content (AvgIpc) is 2.79. The van der Waals surface area contributed by atoms with Crippen molar-refractivity contribution in [3.8, 4) is 11.4 Å². The van der Waals surface area contributed by atoms with Gasteiger partial charge in [-0.05, 0) is 31.2 Å². The molecule has 1 unspecified atom stereocenters. The van der Waals surface area contributed by atoms with E-state index in [1.807, 2.05) is 6.07 Å². The molecule has 18 heavy (non-hydrogen) atoms. The number of hydrogen-bond acceptors (Lipinski definition) is 2. The standard InChI is InChI=1S/C15H13N3/c1-10-16-12-7-3-2-6-11(12)15-17-13-8-4-5-9-14(13)18(10)15/h2-10,16H,1H3. The van der Waals surface area contributed by atoms with Crippen molar-refractivity contribution in [2.45, 2.75) is 13.1 Å². The summed E-state index contributed by atoms with van der Waals surface area (Å²) in [5, 5.41) is 3.52. The van der Waals surface area contributed by atoms with Gasteiger partial charge < -0.3 is 9.88 Å². The summed E-state index contributed by atoms with van der Waals surface area (Å²) in [4.78, 5) is 4.77. The highest BCUT2D eigenvalue weighted by atomic mass is 15.2. The molecular weight excluding hydrogens is 222 g/mol. The minimum Gasteiger partial charge on any atom is -0.364 e. The van der Waals surface area contributed by atoms with Gasteiger partial charge in [0.2, 0.25) is 0 Å². The molecule has 1 atom stereocenters. The summed E-state index contributed by atoms with van der Waals surface area (Å²) in [5.74, 6) is 1.05. The van der Waals surface area contributed by atoms with E-state index in [4.69, 9.17) is 4.98 Å². The summed E-state index contributed by atoms with van der Waals surface area (Å²) in [6, 6.07) is 16.6. The normalized spacial score (nSPS) is 17.1. The highest BCUT2D eigenvalue weighted by Crippen LogP contribution is 2.37. The Hall–Kier alpha value is -2.29. The van der Waals surface area contributed by atoms with Crippen molar-refractivity contribution >= 4 is 16.7 Å². The summed E-state index contributed by atoms with van der Waals surface area (Å²) in [7, 11) is 0. The van der Waals surface area contributed by atoms with Crippen LogP contribution in [0.15, 0.2) is 48.5 Å². The number of hydrogen-bond donors (Lipinski definition) is 1. The first-order chi connectivity index (χ1) is 8.84. The Morgan fingerprint density at radius 3 is 2.78 bits per heavy atom. The van der Waals surface area contributed by atoms with Gasteiger partial charge >= 0.3 is 0 Å². The van der Waals surface area contributed by atoms with Crippen LogP contribution in [0.5, 0.6) is 0 Å². The van der Waals surface area contributed by atoms with Crippen LogP contribution in [0.1, 0.15) is 13.1 Å². The van der Waals surface area contributed by atoms with Gasteiger partial charge in [-0.1, -0.05) is 24.3 Å². The second kappa shape index (κ2) is 3.35. The molecule has 0 aliphatic carbocycles. The van der Waals surface area contributed by atoms with Crippen LogP contribution in [0.4, 0.5) is 5.69 Å². The molecule has 3 aromatic rings. The maximum atomic E-state index is 4.77. The Balaban J connectivity index is 2.12. The van der Waals surface area contributed by atoms with Crippen molar-refractivity contribution in [2.75, 3.05) is 5.32 Å². The maximum Gasteiger partial charge on any atom is 0.144 e. The molecule has 1 aliphatic rings. The van der Waals surface area contributed by atoms with E-state index in [-0.39, 0.29) is 6.17 Å². The zero-order valence-electron chi connectivity index (χ0n) is 10.1. The first kappa shape index (κ1) is 9.71. The zero-order valence-corrected chi connectivity index (χ0v) is 10.1. The van der Waals surface area contributed by atoms with Gasteiger partial charge in [0.15, 0.2) is 0 Å². The quantitative estimate of drug-likeness (QED) is 0.644. The minimum absolute atomic E-state index is 0.224.